The second kappa shape index (κ2) is 11.0. The number of aromatic nitrogens is 1. The maximum Gasteiger partial charge on any atom is 0.355 e. The minimum absolute atomic E-state index is 0.0189. The normalized spacial score (nSPS) is 21.3. The number of aliphatic hydroxyl groups is 1. The molecule has 1 aliphatic carbocycles. The first-order valence-electron chi connectivity index (χ1n) is 9.91. The van der Waals surface area contributed by atoms with Crippen molar-refractivity contribution in [2.75, 3.05) is 5.75 Å². The van der Waals surface area contributed by atoms with Crippen LogP contribution >= 0.6 is 23.1 Å². The Morgan fingerprint density at radius 1 is 1.52 bits per heavy atom. The van der Waals surface area contributed by atoms with Crippen LogP contribution < -0.4 is 0 Å². The van der Waals surface area contributed by atoms with Crippen molar-refractivity contribution in [1.29, 1.82) is 0 Å². The van der Waals surface area contributed by atoms with Gasteiger partial charge >= 0.3 is 5.97 Å². The van der Waals surface area contributed by atoms with Crippen molar-refractivity contribution in [1.82, 2.24) is 4.98 Å². The number of thiazole rings is 1. The molecule has 0 unspecified atom stereocenters. The number of thioether (sulfide) groups is 1. The van der Waals surface area contributed by atoms with Crippen LogP contribution in [0, 0.1) is 29.6 Å². The van der Waals surface area contributed by atoms with Crippen LogP contribution in [0.1, 0.15) is 63.4 Å². The van der Waals surface area contributed by atoms with Gasteiger partial charge in [-0.1, -0.05) is 43.7 Å². The summed E-state index contributed by atoms with van der Waals surface area (Å²) >= 11 is 2.82. The molecule has 1 heterocycles. The molecule has 0 radical (unpaired) electrons. The molecule has 2 N–H and O–H groups in total. The standard InChI is InChI=1S/C22H29NO4S2/c1-15(2)6-4-11-22(3,27)12-5-7-16-8-9-19(24)17(16)10-13-28-21-23-18(14-29-21)20(25)26/h5,7,14-17,27H,6,8-10,12-13H2,1-3H3,(H,25,26)/t16-,17+,22-/m0/s1. The Morgan fingerprint density at radius 2 is 2.28 bits per heavy atom. The van der Waals surface area contributed by atoms with Crippen molar-refractivity contribution in [2.45, 2.75) is 62.8 Å². The predicted octanol–water partition coefficient (Wildman–Crippen LogP) is 4.67. The monoisotopic (exact) mass is 435 g/mol. The zero-order valence-electron chi connectivity index (χ0n) is 17.2. The van der Waals surface area contributed by atoms with E-state index in [1.54, 1.807) is 6.92 Å². The van der Waals surface area contributed by atoms with Crippen LogP contribution in [-0.4, -0.2) is 38.3 Å². The lowest BCUT2D eigenvalue weighted by molar-refractivity contribution is -0.121. The summed E-state index contributed by atoms with van der Waals surface area (Å²) in [6.07, 6.45) is 7.40. The van der Waals surface area contributed by atoms with Gasteiger partial charge in [0.25, 0.3) is 0 Å². The van der Waals surface area contributed by atoms with E-state index in [0.717, 1.165) is 29.4 Å². The van der Waals surface area contributed by atoms with E-state index >= 15 is 0 Å². The maximum absolute atomic E-state index is 12.3. The topological polar surface area (TPSA) is 87.5 Å². The van der Waals surface area contributed by atoms with E-state index in [9.17, 15) is 14.7 Å². The highest BCUT2D eigenvalue weighted by atomic mass is 32.2. The second-order valence-corrected chi connectivity index (χ2v) is 10.2. The van der Waals surface area contributed by atoms with Gasteiger partial charge in [-0.25, -0.2) is 9.78 Å². The van der Waals surface area contributed by atoms with Crippen LogP contribution in [-0.2, 0) is 4.79 Å². The third kappa shape index (κ3) is 7.96. The Kier molecular flexibility index (Phi) is 8.94. The number of aromatic carboxylic acids is 1. The molecule has 0 amide bonds. The fraction of sp³-hybridized carbons (Fsp3) is 0.591. The van der Waals surface area contributed by atoms with Gasteiger partial charge in [-0.2, -0.15) is 0 Å². The van der Waals surface area contributed by atoms with Crippen molar-refractivity contribution >= 4 is 34.9 Å². The Morgan fingerprint density at radius 3 is 2.93 bits per heavy atom. The summed E-state index contributed by atoms with van der Waals surface area (Å²) in [4.78, 5) is 27.2. The van der Waals surface area contributed by atoms with Gasteiger partial charge in [0.1, 0.15) is 11.4 Å². The molecule has 7 heteroatoms. The lowest BCUT2D eigenvalue weighted by Crippen LogP contribution is -2.20. The molecule has 1 saturated carbocycles. The molecule has 0 aliphatic heterocycles. The highest BCUT2D eigenvalue weighted by Gasteiger charge is 2.32. The number of carbonyl (C=O) groups excluding carboxylic acids is 1. The molecule has 1 aromatic heterocycles. The highest BCUT2D eigenvalue weighted by molar-refractivity contribution is 8.01. The van der Waals surface area contributed by atoms with Crippen molar-refractivity contribution in [3.63, 3.8) is 0 Å². The average molecular weight is 436 g/mol. The molecule has 1 aromatic rings. The number of rotatable bonds is 9. The van der Waals surface area contributed by atoms with E-state index < -0.39 is 11.6 Å². The van der Waals surface area contributed by atoms with E-state index in [-0.39, 0.29) is 23.3 Å². The van der Waals surface area contributed by atoms with Gasteiger partial charge in [0.2, 0.25) is 0 Å². The number of carboxylic acids is 1. The highest BCUT2D eigenvalue weighted by Crippen LogP contribution is 2.35. The van der Waals surface area contributed by atoms with Gasteiger partial charge in [0, 0.05) is 36.3 Å². The molecular weight excluding hydrogens is 406 g/mol. The predicted molar refractivity (Wildman–Crippen MR) is 117 cm³/mol. The summed E-state index contributed by atoms with van der Waals surface area (Å²) < 4.78 is 0.718. The molecule has 29 heavy (non-hydrogen) atoms. The van der Waals surface area contributed by atoms with Crippen LogP contribution in [0.3, 0.4) is 0 Å². The van der Waals surface area contributed by atoms with Crippen LogP contribution in [0.5, 0.6) is 0 Å². The summed E-state index contributed by atoms with van der Waals surface area (Å²) in [5.74, 6) is 6.62. The van der Waals surface area contributed by atoms with E-state index in [0.29, 0.717) is 18.8 Å². The fourth-order valence-electron chi connectivity index (χ4n) is 3.20. The van der Waals surface area contributed by atoms with E-state index in [1.165, 1.54) is 28.5 Å². The number of nitrogens with zero attached hydrogens (tertiary/aromatic N) is 1. The second-order valence-electron chi connectivity index (χ2n) is 8.02. The Labute approximate surface area is 181 Å². The maximum atomic E-state index is 12.3. The van der Waals surface area contributed by atoms with Crippen LogP contribution in [0.2, 0.25) is 0 Å². The Balaban J connectivity index is 1.84. The summed E-state index contributed by atoms with van der Waals surface area (Å²) in [5, 5.41) is 20.9. The van der Waals surface area contributed by atoms with E-state index in [1.807, 2.05) is 6.08 Å². The van der Waals surface area contributed by atoms with Gasteiger partial charge in [-0.05, 0) is 31.6 Å². The minimum Gasteiger partial charge on any atom is -0.476 e. The number of carboxylic acid groups (broad SMARTS) is 1. The summed E-state index contributed by atoms with van der Waals surface area (Å²) in [5.41, 5.74) is -0.981. The number of carbonyl (C=O) groups is 2. The smallest absolute Gasteiger partial charge is 0.355 e. The molecular formula is C22H29NO4S2. The minimum atomic E-state index is -1.05. The molecule has 158 valence electrons. The average Bonchev–Trinajstić information content (AvgIpc) is 3.23. The zero-order chi connectivity index (χ0) is 21.4. The lowest BCUT2D eigenvalue weighted by atomic mass is 9.91. The van der Waals surface area contributed by atoms with Crippen molar-refractivity contribution in [3.8, 4) is 11.8 Å². The van der Waals surface area contributed by atoms with Crippen LogP contribution in [0.4, 0.5) is 0 Å². The van der Waals surface area contributed by atoms with Crippen molar-refractivity contribution in [3.05, 3.63) is 23.2 Å². The number of ketones is 1. The zero-order valence-corrected chi connectivity index (χ0v) is 18.8. The first-order chi connectivity index (χ1) is 13.7. The first-order valence-corrected chi connectivity index (χ1v) is 11.8. The van der Waals surface area contributed by atoms with Crippen LogP contribution in [0.15, 0.2) is 21.9 Å². The molecule has 5 nitrogen and oxygen atoms in total. The third-order valence-electron chi connectivity index (χ3n) is 4.78. The third-order valence-corrected chi connectivity index (χ3v) is 6.83. The SMILES string of the molecule is CC(C)CC#C[C@](C)(O)CC=C[C@H]1CCC(=O)[C@@H]1CCSc1nc(C(=O)O)cs1. The fourth-order valence-corrected chi connectivity index (χ4v) is 5.10. The molecule has 0 aromatic carbocycles. The van der Waals surface area contributed by atoms with Crippen molar-refractivity contribution in [2.24, 2.45) is 17.8 Å². The quantitative estimate of drug-likeness (QED) is 0.333. The number of hydrogen-bond acceptors (Lipinski definition) is 6. The molecule has 0 spiro atoms. The van der Waals surface area contributed by atoms with Gasteiger partial charge in [0.15, 0.2) is 10.0 Å². The Bertz CT molecular complexity index is 801. The van der Waals surface area contributed by atoms with E-state index in [4.69, 9.17) is 5.11 Å². The van der Waals surface area contributed by atoms with Gasteiger partial charge in [-0.15, -0.1) is 17.3 Å². The van der Waals surface area contributed by atoms with Crippen LogP contribution in [0.25, 0.3) is 0 Å². The van der Waals surface area contributed by atoms with Gasteiger partial charge in [-0.3, -0.25) is 4.79 Å². The van der Waals surface area contributed by atoms with Gasteiger partial charge < -0.3 is 10.2 Å². The molecule has 1 fully saturated rings. The number of hydrogen-bond donors (Lipinski definition) is 2. The summed E-state index contributed by atoms with van der Waals surface area (Å²) in [7, 11) is 0. The van der Waals surface area contributed by atoms with E-state index in [2.05, 4.69) is 36.7 Å². The first kappa shape index (κ1) is 23.7. The molecule has 1 aliphatic rings. The summed E-state index contributed by atoms with van der Waals surface area (Å²) in [6, 6.07) is 0. The lowest BCUT2D eigenvalue weighted by Gasteiger charge is -2.16. The summed E-state index contributed by atoms with van der Waals surface area (Å²) in [6.45, 7) is 5.91. The molecule has 0 bridgehead atoms. The number of allylic oxidation sites excluding steroid dienone is 1. The molecule has 3 atom stereocenters. The Hall–Kier alpha value is -1.62. The van der Waals surface area contributed by atoms with Crippen molar-refractivity contribution < 1.29 is 19.8 Å². The molecule has 2 rings (SSSR count). The largest absolute Gasteiger partial charge is 0.476 e. The van der Waals surface area contributed by atoms with Gasteiger partial charge in [0.05, 0.1) is 0 Å². The molecule has 0 saturated heterocycles. The number of Topliss-reactive ketones (excluding diaryl/α,β-unsaturated/α-hetero) is 1.